The maximum atomic E-state index is 12.0. The van der Waals surface area contributed by atoms with E-state index in [-0.39, 0.29) is 17.2 Å². The van der Waals surface area contributed by atoms with Gasteiger partial charge in [-0.25, -0.2) is 4.79 Å². The summed E-state index contributed by atoms with van der Waals surface area (Å²) in [5.74, 6) is -1.46. The minimum atomic E-state index is -1.08. The fraction of sp³-hybridized carbons (Fsp3) is 0.0714. The SMILES string of the molecule is Cc1c(Br)cccc1NC(=O)c1ccc(C(=O)O)cn1. The van der Waals surface area contributed by atoms with Crippen molar-refractivity contribution in [3.8, 4) is 0 Å². The van der Waals surface area contributed by atoms with E-state index in [1.54, 1.807) is 6.07 Å². The monoisotopic (exact) mass is 334 g/mol. The smallest absolute Gasteiger partial charge is 0.337 e. The number of carboxylic acids is 1. The van der Waals surface area contributed by atoms with Crippen molar-refractivity contribution in [3.05, 3.63) is 57.8 Å². The maximum Gasteiger partial charge on any atom is 0.337 e. The van der Waals surface area contributed by atoms with Crippen molar-refractivity contribution < 1.29 is 14.7 Å². The zero-order valence-electron chi connectivity index (χ0n) is 10.6. The Morgan fingerprint density at radius 1 is 1.25 bits per heavy atom. The Kier molecular flexibility index (Phi) is 4.14. The molecule has 0 saturated carbocycles. The van der Waals surface area contributed by atoms with Crippen LogP contribution in [0.25, 0.3) is 0 Å². The number of carbonyl (C=O) groups excluding carboxylic acids is 1. The molecule has 5 nitrogen and oxygen atoms in total. The van der Waals surface area contributed by atoms with Gasteiger partial charge in [-0.15, -0.1) is 0 Å². The highest BCUT2D eigenvalue weighted by Gasteiger charge is 2.11. The molecule has 0 spiro atoms. The van der Waals surface area contributed by atoms with E-state index in [0.29, 0.717) is 5.69 Å². The Morgan fingerprint density at radius 2 is 2.00 bits per heavy atom. The summed E-state index contributed by atoms with van der Waals surface area (Å²) < 4.78 is 0.893. The van der Waals surface area contributed by atoms with Gasteiger partial charge in [-0.2, -0.15) is 0 Å². The molecule has 0 aliphatic rings. The van der Waals surface area contributed by atoms with Crippen LogP contribution in [-0.2, 0) is 0 Å². The number of carboxylic acid groups (broad SMARTS) is 1. The number of rotatable bonds is 3. The number of benzene rings is 1. The van der Waals surface area contributed by atoms with Crippen molar-refractivity contribution in [1.82, 2.24) is 4.98 Å². The molecule has 1 aromatic carbocycles. The first-order valence-corrected chi connectivity index (χ1v) is 6.54. The Bertz CT molecular complexity index is 669. The average molecular weight is 335 g/mol. The first-order chi connectivity index (χ1) is 9.49. The molecule has 0 radical (unpaired) electrons. The van der Waals surface area contributed by atoms with Crippen molar-refractivity contribution in [1.29, 1.82) is 0 Å². The highest BCUT2D eigenvalue weighted by molar-refractivity contribution is 9.10. The van der Waals surface area contributed by atoms with Gasteiger partial charge in [0.25, 0.3) is 5.91 Å². The molecular weight excluding hydrogens is 324 g/mol. The fourth-order valence-corrected chi connectivity index (χ4v) is 1.95. The first-order valence-electron chi connectivity index (χ1n) is 5.75. The average Bonchev–Trinajstić information content (AvgIpc) is 2.44. The molecule has 0 aliphatic heterocycles. The van der Waals surface area contributed by atoms with Crippen molar-refractivity contribution in [2.24, 2.45) is 0 Å². The van der Waals surface area contributed by atoms with Crippen molar-refractivity contribution >= 4 is 33.5 Å². The zero-order chi connectivity index (χ0) is 14.7. The second-order valence-electron chi connectivity index (χ2n) is 4.10. The topological polar surface area (TPSA) is 79.3 Å². The van der Waals surface area contributed by atoms with E-state index in [9.17, 15) is 9.59 Å². The van der Waals surface area contributed by atoms with Gasteiger partial charge < -0.3 is 10.4 Å². The van der Waals surface area contributed by atoms with Gasteiger partial charge >= 0.3 is 5.97 Å². The second-order valence-corrected chi connectivity index (χ2v) is 4.96. The fourth-order valence-electron chi connectivity index (χ4n) is 1.58. The maximum absolute atomic E-state index is 12.0. The lowest BCUT2D eigenvalue weighted by molar-refractivity contribution is 0.0696. The number of nitrogens with one attached hydrogen (secondary N) is 1. The number of hydrogen-bond acceptors (Lipinski definition) is 3. The number of carbonyl (C=O) groups is 2. The highest BCUT2D eigenvalue weighted by Crippen LogP contribution is 2.23. The normalized spacial score (nSPS) is 10.1. The van der Waals surface area contributed by atoms with Crippen LogP contribution < -0.4 is 5.32 Å². The minimum Gasteiger partial charge on any atom is -0.478 e. The Balaban J connectivity index is 2.20. The molecule has 0 aliphatic carbocycles. The minimum absolute atomic E-state index is 0.0418. The number of pyridine rings is 1. The van der Waals surface area contributed by atoms with E-state index < -0.39 is 5.97 Å². The molecule has 20 heavy (non-hydrogen) atoms. The van der Waals surface area contributed by atoms with Gasteiger partial charge in [-0.1, -0.05) is 22.0 Å². The van der Waals surface area contributed by atoms with E-state index in [0.717, 1.165) is 16.2 Å². The van der Waals surface area contributed by atoms with Crippen LogP contribution in [0.2, 0.25) is 0 Å². The van der Waals surface area contributed by atoms with E-state index >= 15 is 0 Å². The summed E-state index contributed by atoms with van der Waals surface area (Å²) in [6.45, 7) is 1.88. The van der Waals surface area contributed by atoms with Crippen LogP contribution in [0.4, 0.5) is 5.69 Å². The van der Waals surface area contributed by atoms with Crippen LogP contribution >= 0.6 is 15.9 Å². The number of nitrogens with zero attached hydrogens (tertiary/aromatic N) is 1. The molecule has 0 unspecified atom stereocenters. The molecular formula is C14H11BrN2O3. The lowest BCUT2D eigenvalue weighted by Crippen LogP contribution is -2.15. The summed E-state index contributed by atoms with van der Waals surface area (Å²) >= 11 is 3.39. The Morgan fingerprint density at radius 3 is 2.60 bits per heavy atom. The molecule has 102 valence electrons. The summed E-state index contributed by atoms with van der Waals surface area (Å²) in [6.07, 6.45) is 1.16. The number of hydrogen-bond donors (Lipinski definition) is 2. The molecule has 0 atom stereocenters. The van der Waals surface area contributed by atoms with E-state index in [1.165, 1.54) is 12.1 Å². The number of aromatic nitrogens is 1. The summed E-state index contributed by atoms with van der Waals surface area (Å²) in [4.78, 5) is 26.6. The molecule has 6 heteroatoms. The summed E-state index contributed by atoms with van der Waals surface area (Å²) in [7, 11) is 0. The molecule has 1 amide bonds. The first kappa shape index (κ1) is 14.2. The van der Waals surface area contributed by atoms with Crippen LogP contribution in [0.1, 0.15) is 26.4 Å². The molecule has 1 heterocycles. The lowest BCUT2D eigenvalue weighted by atomic mass is 10.2. The Hall–Kier alpha value is -2.21. The van der Waals surface area contributed by atoms with E-state index in [4.69, 9.17) is 5.11 Å². The predicted octanol–water partition coefficient (Wildman–Crippen LogP) is 3.10. The summed E-state index contributed by atoms with van der Waals surface area (Å²) in [5, 5.41) is 11.5. The number of aromatic carboxylic acids is 1. The van der Waals surface area contributed by atoms with Crippen molar-refractivity contribution in [3.63, 3.8) is 0 Å². The van der Waals surface area contributed by atoms with Gasteiger partial charge in [0.15, 0.2) is 0 Å². The standard InChI is InChI=1S/C14H11BrN2O3/c1-8-10(15)3-2-4-11(8)17-13(18)12-6-5-9(7-16-12)14(19)20/h2-7H,1H3,(H,17,18)(H,19,20). The highest BCUT2D eigenvalue weighted by atomic mass is 79.9. The Labute approximate surface area is 123 Å². The van der Waals surface area contributed by atoms with Crippen LogP contribution in [0, 0.1) is 6.92 Å². The van der Waals surface area contributed by atoms with Gasteiger partial charge in [0, 0.05) is 16.4 Å². The predicted molar refractivity (Wildman–Crippen MR) is 78.0 cm³/mol. The van der Waals surface area contributed by atoms with Gasteiger partial charge in [-0.3, -0.25) is 9.78 Å². The number of halogens is 1. The van der Waals surface area contributed by atoms with Crippen molar-refractivity contribution in [2.45, 2.75) is 6.92 Å². The number of amides is 1. The van der Waals surface area contributed by atoms with Crippen LogP contribution in [0.15, 0.2) is 41.0 Å². The van der Waals surface area contributed by atoms with E-state index in [1.807, 2.05) is 19.1 Å². The number of anilines is 1. The van der Waals surface area contributed by atoms with Gasteiger partial charge in [-0.05, 0) is 36.8 Å². The summed E-state index contributed by atoms with van der Waals surface area (Å²) in [6, 6.07) is 8.20. The third kappa shape index (κ3) is 3.03. The molecule has 0 fully saturated rings. The third-order valence-corrected chi connectivity index (χ3v) is 3.62. The largest absolute Gasteiger partial charge is 0.478 e. The quantitative estimate of drug-likeness (QED) is 0.903. The van der Waals surface area contributed by atoms with Crippen LogP contribution in [0.5, 0.6) is 0 Å². The van der Waals surface area contributed by atoms with E-state index in [2.05, 4.69) is 26.2 Å². The molecule has 0 bridgehead atoms. The lowest BCUT2D eigenvalue weighted by Gasteiger charge is -2.09. The molecule has 2 N–H and O–H groups in total. The summed E-state index contributed by atoms with van der Waals surface area (Å²) in [5.41, 5.74) is 1.78. The van der Waals surface area contributed by atoms with Gasteiger partial charge in [0.1, 0.15) is 5.69 Å². The van der Waals surface area contributed by atoms with Crippen molar-refractivity contribution in [2.75, 3.05) is 5.32 Å². The molecule has 2 rings (SSSR count). The van der Waals surface area contributed by atoms with Crippen LogP contribution in [-0.4, -0.2) is 22.0 Å². The van der Waals surface area contributed by atoms with Crippen LogP contribution in [0.3, 0.4) is 0 Å². The molecule has 0 saturated heterocycles. The zero-order valence-corrected chi connectivity index (χ0v) is 12.1. The second kappa shape index (κ2) is 5.83. The molecule has 1 aromatic heterocycles. The molecule has 2 aromatic rings. The van der Waals surface area contributed by atoms with Gasteiger partial charge in [0.05, 0.1) is 5.56 Å². The van der Waals surface area contributed by atoms with Gasteiger partial charge in [0.2, 0.25) is 0 Å². The third-order valence-electron chi connectivity index (χ3n) is 2.76.